The minimum absolute atomic E-state index is 0.0811. The number of aryl methyl sites for hydroxylation is 1. The number of ether oxygens (including phenoxy) is 1. The number of hydrogen-bond acceptors (Lipinski definition) is 5. The van der Waals surface area contributed by atoms with Crippen molar-refractivity contribution < 1.29 is 17.6 Å². The number of hydrogen-bond donors (Lipinski definition) is 1. The van der Waals surface area contributed by atoms with Gasteiger partial charge in [0.1, 0.15) is 0 Å². The topological polar surface area (TPSA) is 90.5 Å². The van der Waals surface area contributed by atoms with E-state index in [1.165, 1.54) is 35.4 Å². The predicted molar refractivity (Wildman–Crippen MR) is 95.4 cm³/mol. The molecule has 2 aromatic carbocycles. The molecule has 0 saturated carbocycles. The van der Waals surface area contributed by atoms with E-state index in [9.17, 15) is 13.2 Å². The lowest BCUT2D eigenvalue weighted by Crippen LogP contribution is -2.36. The summed E-state index contributed by atoms with van der Waals surface area (Å²) in [6, 6.07) is 12.3. The second kappa shape index (κ2) is 6.39. The van der Waals surface area contributed by atoms with Gasteiger partial charge in [0.05, 0.1) is 23.1 Å². The van der Waals surface area contributed by atoms with Crippen LogP contribution in [0.1, 0.15) is 11.1 Å². The summed E-state index contributed by atoms with van der Waals surface area (Å²) < 4.78 is 39.8. The van der Waals surface area contributed by atoms with E-state index in [1.807, 2.05) is 24.3 Å². The van der Waals surface area contributed by atoms with Crippen LogP contribution in [0.25, 0.3) is 11.1 Å². The fourth-order valence-electron chi connectivity index (χ4n) is 3.10. The first-order valence-corrected chi connectivity index (χ1v) is 9.70. The Bertz CT molecular complexity index is 1130. The molecule has 0 saturated heterocycles. The van der Waals surface area contributed by atoms with Crippen LogP contribution < -0.4 is 10.5 Å². The van der Waals surface area contributed by atoms with Crippen LogP contribution in [0.3, 0.4) is 0 Å². The first kappa shape index (κ1) is 17.0. The fraction of sp³-hybridized carbons (Fsp3) is 0.278. The molecule has 1 aliphatic rings. The predicted octanol–water partition coefficient (Wildman–Crippen LogP) is 1.55. The molecule has 26 heavy (non-hydrogen) atoms. The van der Waals surface area contributed by atoms with Crippen molar-refractivity contribution in [1.29, 1.82) is 0 Å². The van der Waals surface area contributed by atoms with Gasteiger partial charge in [-0.15, -0.1) is 0 Å². The third-order valence-electron chi connectivity index (χ3n) is 4.61. The first-order chi connectivity index (χ1) is 12.4. The lowest BCUT2D eigenvalue weighted by atomic mass is 9.99. The molecule has 1 N–H and O–H groups in total. The molecule has 0 spiro atoms. The second-order valence-electron chi connectivity index (χ2n) is 6.31. The Morgan fingerprint density at radius 2 is 1.96 bits per heavy atom. The monoisotopic (exact) mass is 374 g/mol. The SMILES string of the molecule is Cn1c(=O)oc2ccc(S(=O)(=O)NC[C@H]3Cc4ccccc4CO3)cc21. The van der Waals surface area contributed by atoms with E-state index >= 15 is 0 Å². The molecule has 0 radical (unpaired) electrons. The van der Waals surface area contributed by atoms with E-state index in [4.69, 9.17) is 9.15 Å². The van der Waals surface area contributed by atoms with Gasteiger partial charge in [0.2, 0.25) is 10.0 Å². The van der Waals surface area contributed by atoms with Crippen LogP contribution >= 0.6 is 0 Å². The molecule has 3 aromatic rings. The van der Waals surface area contributed by atoms with Crippen molar-refractivity contribution in [2.24, 2.45) is 7.05 Å². The van der Waals surface area contributed by atoms with Crippen LogP contribution in [-0.2, 0) is 34.8 Å². The standard InChI is InChI=1S/C18H18N2O5S/c1-20-16-9-15(6-7-17(16)25-18(20)21)26(22,23)19-10-14-8-12-4-2-3-5-13(12)11-24-14/h2-7,9,14,19H,8,10-11H2,1H3/t14-/m1/s1. The number of oxazole rings is 1. The van der Waals surface area contributed by atoms with Crippen molar-refractivity contribution in [1.82, 2.24) is 9.29 Å². The molecular formula is C18H18N2O5S. The van der Waals surface area contributed by atoms with E-state index in [0.29, 0.717) is 24.1 Å². The number of rotatable bonds is 4. The molecule has 7 nitrogen and oxygen atoms in total. The zero-order chi connectivity index (χ0) is 18.3. The van der Waals surface area contributed by atoms with Crippen molar-refractivity contribution in [3.05, 3.63) is 64.1 Å². The first-order valence-electron chi connectivity index (χ1n) is 8.22. The third kappa shape index (κ3) is 3.07. The summed E-state index contributed by atoms with van der Waals surface area (Å²) in [5.41, 5.74) is 3.10. The van der Waals surface area contributed by atoms with Gasteiger partial charge in [-0.05, 0) is 29.3 Å². The summed E-state index contributed by atoms with van der Waals surface area (Å²) in [5, 5.41) is 0. The number of nitrogens with one attached hydrogen (secondary N) is 1. The van der Waals surface area contributed by atoms with Crippen molar-refractivity contribution in [3.63, 3.8) is 0 Å². The average molecular weight is 374 g/mol. The number of aromatic nitrogens is 1. The Hall–Kier alpha value is -2.42. The van der Waals surface area contributed by atoms with E-state index in [0.717, 1.165) is 5.56 Å². The molecule has 0 aliphatic carbocycles. The Kier molecular flexibility index (Phi) is 4.18. The van der Waals surface area contributed by atoms with E-state index in [-0.39, 0.29) is 17.5 Å². The number of benzene rings is 2. The quantitative estimate of drug-likeness (QED) is 0.748. The Labute approximate surface area is 150 Å². The van der Waals surface area contributed by atoms with Gasteiger partial charge in [-0.3, -0.25) is 4.57 Å². The molecule has 2 heterocycles. The van der Waals surface area contributed by atoms with E-state index in [2.05, 4.69) is 4.72 Å². The lowest BCUT2D eigenvalue weighted by Gasteiger charge is -2.25. The molecule has 1 atom stereocenters. The van der Waals surface area contributed by atoms with Gasteiger partial charge < -0.3 is 9.15 Å². The van der Waals surface area contributed by atoms with Crippen molar-refractivity contribution in [3.8, 4) is 0 Å². The molecular weight excluding hydrogens is 356 g/mol. The zero-order valence-corrected chi connectivity index (χ0v) is 15.0. The fourth-order valence-corrected chi connectivity index (χ4v) is 4.19. The second-order valence-corrected chi connectivity index (χ2v) is 8.08. The highest BCUT2D eigenvalue weighted by Crippen LogP contribution is 2.21. The average Bonchev–Trinajstić information content (AvgIpc) is 2.93. The third-order valence-corrected chi connectivity index (χ3v) is 6.04. The summed E-state index contributed by atoms with van der Waals surface area (Å²) >= 11 is 0. The summed E-state index contributed by atoms with van der Waals surface area (Å²) in [5.74, 6) is -0.531. The van der Waals surface area contributed by atoms with Crippen LogP contribution in [0.5, 0.6) is 0 Å². The maximum absolute atomic E-state index is 12.6. The van der Waals surface area contributed by atoms with E-state index < -0.39 is 15.8 Å². The molecule has 1 aromatic heterocycles. The Morgan fingerprint density at radius 1 is 1.19 bits per heavy atom. The van der Waals surface area contributed by atoms with Gasteiger partial charge in [0.25, 0.3) is 0 Å². The van der Waals surface area contributed by atoms with Gasteiger partial charge in [-0.25, -0.2) is 17.9 Å². The Balaban J connectivity index is 1.51. The van der Waals surface area contributed by atoms with Crippen molar-refractivity contribution in [2.45, 2.75) is 24.0 Å². The normalized spacial score (nSPS) is 17.3. The smallest absolute Gasteiger partial charge is 0.408 e. The van der Waals surface area contributed by atoms with Gasteiger partial charge in [0.15, 0.2) is 5.58 Å². The maximum atomic E-state index is 12.6. The summed E-state index contributed by atoms with van der Waals surface area (Å²) in [4.78, 5) is 11.6. The summed E-state index contributed by atoms with van der Waals surface area (Å²) in [7, 11) is -2.19. The van der Waals surface area contributed by atoms with Gasteiger partial charge in [0, 0.05) is 20.0 Å². The number of sulfonamides is 1. The highest BCUT2D eigenvalue weighted by Gasteiger charge is 2.22. The van der Waals surface area contributed by atoms with Gasteiger partial charge in [-0.2, -0.15) is 0 Å². The van der Waals surface area contributed by atoms with Crippen LogP contribution in [0.4, 0.5) is 0 Å². The molecule has 8 heteroatoms. The summed E-state index contributed by atoms with van der Waals surface area (Å²) in [6.07, 6.45) is 0.440. The zero-order valence-electron chi connectivity index (χ0n) is 14.1. The van der Waals surface area contributed by atoms with Gasteiger partial charge >= 0.3 is 5.76 Å². The molecule has 136 valence electrons. The number of fused-ring (bicyclic) bond motifs is 2. The molecule has 0 unspecified atom stereocenters. The minimum atomic E-state index is -3.72. The lowest BCUT2D eigenvalue weighted by molar-refractivity contribution is 0.0322. The largest absolute Gasteiger partial charge is 0.419 e. The highest BCUT2D eigenvalue weighted by atomic mass is 32.2. The molecule has 0 fully saturated rings. The molecule has 1 aliphatic heterocycles. The van der Waals surface area contributed by atoms with Gasteiger partial charge in [-0.1, -0.05) is 24.3 Å². The van der Waals surface area contributed by atoms with Crippen molar-refractivity contribution in [2.75, 3.05) is 6.54 Å². The number of nitrogens with zero attached hydrogens (tertiary/aromatic N) is 1. The van der Waals surface area contributed by atoms with Crippen molar-refractivity contribution >= 4 is 21.1 Å². The minimum Gasteiger partial charge on any atom is -0.408 e. The maximum Gasteiger partial charge on any atom is 0.419 e. The molecule has 0 bridgehead atoms. The Morgan fingerprint density at radius 3 is 2.77 bits per heavy atom. The highest BCUT2D eigenvalue weighted by molar-refractivity contribution is 7.89. The van der Waals surface area contributed by atoms with Crippen LogP contribution in [0.2, 0.25) is 0 Å². The van der Waals surface area contributed by atoms with E-state index in [1.54, 1.807) is 0 Å². The molecule has 4 rings (SSSR count). The summed E-state index contributed by atoms with van der Waals surface area (Å²) in [6.45, 7) is 0.657. The van der Waals surface area contributed by atoms with Crippen LogP contribution in [0, 0.1) is 0 Å². The van der Waals surface area contributed by atoms with Crippen LogP contribution in [-0.4, -0.2) is 25.6 Å². The molecule has 0 amide bonds. The van der Waals surface area contributed by atoms with Crippen LogP contribution in [0.15, 0.2) is 56.6 Å².